The first kappa shape index (κ1) is 24.5. The summed E-state index contributed by atoms with van der Waals surface area (Å²) < 4.78 is 11.4. The maximum atomic E-state index is 11.7. The van der Waals surface area contributed by atoms with Crippen LogP contribution in [0.4, 0.5) is 0 Å². The van der Waals surface area contributed by atoms with Crippen LogP contribution in [0.25, 0.3) is 11.1 Å². The van der Waals surface area contributed by atoms with Gasteiger partial charge in [-0.3, -0.25) is 14.5 Å². The number of likely N-dealkylation sites (tertiary alicyclic amines) is 1. The van der Waals surface area contributed by atoms with E-state index in [1.807, 2.05) is 48.2 Å². The van der Waals surface area contributed by atoms with Crippen molar-refractivity contribution in [3.8, 4) is 16.9 Å². The molecule has 1 fully saturated rings. The Hall–Kier alpha value is -3.64. The lowest BCUT2D eigenvalue weighted by Crippen LogP contribution is -2.35. The lowest BCUT2D eigenvalue weighted by Gasteiger charge is -2.21. The molecule has 0 amide bonds. The fraction of sp³-hybridized carbons (Fsp3) is 0.310. The minimum Gasteiger partial charge on any atom is -0.489 e. The van der Waals surface area contributed by atoms with Gasteiger partial charge in [0.1, 0.15) is 24.5 Å². The van der Waals surface area contributed by atoms with Gasteiger partial charge in [-0.15, -0.1) is 0 Å². The van der Waals surface area contributed by atoms with Crippen molar-refractivity contribution in [2.45, 2.75) is 52.5 Å². The molecule has 1 N–H and O–H groups in total. The van der Waals surface area contributed by atoms with E-state index in [2.05, 4.69) is 37.3 Å². The van der Waals surface area contributed by atoms with Crippen molar-refractivity contribution < 1.29 is 24.2 Å². The number of carboxylic acids is 1. The molecule has 1 saturated heterocycles. The van der Waals surface area contributed by atoms with Gasteiger partial charge < -0.3 is 14.6 Å². The second kappa shape index (κ2) is 10.7. The molecular weight excluding hydrogens is 442 g/mol. The fourth-order valence-corrected chi connectivity index (χ4v) is 4.75. The molecule has 0 bridgehead atoms. The second-order valence-corrected chi connectivity index (χ2v) is 9.09. The molecular formula is C29H31NO5. The van der Waals surface area contributed by atoms with Crippen LogP contribution in [0.1, 0.15) is 35.6 Å². The number of carboxylic acid groups (broad SMARTS) is 1. The van der Waals surface area contributed by atoms with Gasteiger partial charge in [-0.2, -0.15) is 0 Å². The van der Waals surface area contributed by atoms with Crippen molar-refractivity contribution in [3.05, 3.63) is 89.0 Å². The van der Waals surface area contributed by atoms with E-state index in [0.717, 1.165) is 22.4 Å². The summed E-state index contributed by atoms with van der Waals surface area (Å²) in [6.07, 6.45) is -0.0940. The number of benzene rings is 3. The van der Waals surface area contributed by atoms with Crippen molar-refractivity contribution in [1.82, 2.24) is 4.90 Å². The summed E-state index contributed by atoms with van der Waals surface area (Å²) in [4.78, 5) is 24.9. The predicted octanol–water partition coefficient (Wildman–Crippen LogP) is 5.14. The maximum Gasteiger partial charge on any atom is 0.321 e. The first-order valence-corrected chi connectivity index (χ1v) is 11.8. The monoisotopic (exact) mass is 473 g/mol. The Kier molecular flexibility index (Phi) is 7.51. The standard InChI is InChI=1S/C29H31NO5/c1-19-14-22(16-30-17-25(35-21(3)31)15-27(30)29(32)33)12-13-28(19)34-18-24-10-7-11-26(20(24)2)23-8-5-4-6-9-23/h4-14,25,27H,15-18H2,1-3H3,(H,32,33)/t25-,27+/m1/s1. The average molecular weight is 474 g/mol. The normalized spacial score (nSPS) is 17.8. The Balaban J connectivity index is 1.43. The van der Waals surface area contributed by atoms with E-state index in [9.17, 15) is 14.7 Å². The maximum absolute atomic E-state index is 11.7. The van der Waals surface area contributed by atoms with Crippen LogP contribution in [0.15, 0.2) is 66.7 Å². The van der Waals surface area contributed by atoms with E-state index in [0.29, 0.717) is 26.1 Å². The molecule has 0 saturated carbocycles. The Bertz CT molecular complexity index is 1210. The molecule has 4 rings (SSSR count). The number of ether oxygens (including phenoxy) is 2. The highest BCUT2D eigenvalue weighted by Gasteiger charge is 2.38. The highest BCUT2D eigenvalue weighted by Crippen LogP contribution is 2.28. The van der Waals surface area contributed by atoms with E-state index in [1.165, 1.54) is 23.6 Å². The van der Waals surface area contributed by atoms with E-state index in [1.54, 1.807) is 0 Å². The summed E-state index contributed by atoms with van der Waals surface area (Å²) in [5.74, 6) is -0.487. The number of aliphatic carboxylic acids is 1. The molecule has 1 heterocycles. The van der Waals surface area contributed by atoms with Gasteiger partial charge in [0.2, 0.25) is 0 Å². The number of rotatable bonds is 8. The van der Waals surface area contributed by atoms with Gasteiger partial charge in [0.25, 0.3) is 0 Å². The third-order valence-electron chi connectivity index (χ3n) is 6.52. The van der Waals surface area contributed by atoms with Crippen LogP contribution in [0, 0.1) is 13.8 Å². The summed E-state index contributed by atoms with van der Waals surface area (Å²) in [6.45, 7) is 6.80. The van der Waals surface area contributed by atoms with Crippen LogP contribution < -0.4 is 4.74 Å². The third kappa shape index (κ3) is 5.89. The van der Waals surface area contributed by atoms with Crippen LogP contribution in [0.3, 0.4) is 0 Å². The topological polar surface area (TPSA) is 76.1 Å². The molecule has 35 heavy (non-hydrogen) atoms. The molecule has 0 radical (unpaired) electrons. The molecule has 0 spiro atoms. The molecule has 0 aliphatic carbocycles. The molecule has 3 aromatic carbocycles. The van der Waals surface area contributed by atoms with Gasteiger partial charge in [-0.25, -0.2) is 0 Å². The molecule has 3 aromatic rings. The van der Waals surface area contributed by atoms with Gasteiger partial charge in [0.05, 0.1) is 0 Å². The van der Waals surface area contributed by atoms with Crippen LogP contribution in [-0.4, -0.2) is 40.6 Å². The number of aryl methyl sites for hydroxylation is 1. The minimum atomic E-state index is -0.899. The first-order chi connectivity index (χ1) is 16.8. The molecule has 0 unspecified atom stereocenters. The summed E-state index contributed by atoms with van der Waals surface area (Å²) in [7, 11) is 0. The summed E-state index contributed by atoms with van der Waals surface area (Å²) >= 11 is 0. The quantitative estimate of drug-likeness (QED) is 0.457. The molecule has 6 nitrogen and oxygen atoms in total. The van der Waals surface area contributed by atoms with Gasteiger partial charge in [0.15, 0.2) is 0 Å². The van der Waals surface area contributed by atoms with E-state index >= 15 is 0 Å². The van der Waals surface area contributed by atoms with Crippen LogP contribution in [-0.2, 0) is 27.5 Å². The van der Waals surface area contributed by atoms with E-state index < -0.39 is 18.1 Å². The smallest absolute Gasteiger partial charge is 0.321 e. The van der Waals surface area contributed by atoms with Crippen LogP contribution >= 0.6 is 0 Å². The van der Waals surface area contributed by atoms with Gasteiger partial charge >= 0.3 is 11.9 Å². The van der Waals surface area contributed by atoms with Crippen molar-refractivity contribution in [3.63, 3.8) is 0 Å². The van der Waals surface area contributed by atoms with Crippen molar-refractivity contribution in [1.29, 1.82) is 0 Å². The molecule has 1 aliphatic rings. The summed E-state index contributed by atoms with van der Waals surface area (Å²) in [6, 6.07) is 21.9. The van der Waals surface area contributed by atoms with Crippen molar-refractivity contribution >= 4 is 11.9 Å². The third-order valence-corrected chi connectivity index (χ3v) is 6.52. The molecule has 1 aliphatic heterocycles. The number of carbonyl (C=O) groups is 2. The number of carbonyl (C=O) groups excluding carboxylic acids is 1. The molecule has 0 aromatic heterocycles. The lowest BCUT2D eigenvalue weighted by molar-refractivity contribution is -0.146. The highest BCUT2D eigenvalue weighted by molar-refractivity contribution is 5.74. The molecule has 6 heteroatoms. The van der Waals surface area contributed by atoms with E-state index in [4.69, 9.17) is 9.47 Å². The lowest BCUT2D eigenvalue weighted by atomic mass is 9.97. The Morgan fingerprint density at radius 3 is 2.49 bits per heavy atom. The number of nitrogens with zero attached hydrogens (tertiary/aromatic N) is 1. The second-order valence-electron chi connectivity index (χ2n) is 9.09. The first-order valence-electron chi connectivity index (χ1n) is 11.8. The summed E-state index contributed by atoms with van der Waals surface area (Å²) in [5, 5.41) is 9.60. The number of hydrogen-bond acceptors (Lipinski definition) is 5. The molecule has 182 valence electrons. The Morgan fingerprint density at radius 2 is 1.80 bits per heavy atom. The highest BCUT2D eigenvalue weighted by atomic mass is 16.5. The predicted molar refractivity (Wildman–Crippen MR) is 134 cm³/mol. The number of hydrogen-bond donors (Lipinski definition) is 1. The van der Waals surface area contributed by atoms with Gasteiger partial charge in [-0.1, -0.05) is 60.7 Å². The SMILES string of the molecule is CC(=O)O[C@@H]1C[C@@H](C(=O)O)N(Cc2ccc(OCc3cccc(-c4ccccc4)c3C)c(C)c2)C1. The minimum absolute atomic E-state index is 0.302. The van der Waals surface area contributed by atoms with Gasteiger partial charge in [0, 0.05) is 26.4 Å². The van der Waals surface area contributed by atoms with Crippen molar-refractivity contribution in [2.75, 3.05) is 6.54 Å². The van der Waals surface area contributed by atoms with Crippen LogP contribution in [0.5, 0.6) is 5.75 Å². The van der Waals surface area contributed by atoms with E-state index in [-0.39, 0.29) is 5.97 Å². The zero-order valence-electron chi connectivity index (χ0n) is 20.4. The Morgan fingerprint density at radius 1 is 1.03 bits per heavy atom. The molecule has 2 atom stereocenters. The van der Waals surface area contributed by atoms with Gasteiger partial charge in [-0.05, 0) is 53.3 Å². The zero-order chi connectivity index (χ0) is 24.9. The number of esters is 1. The van der Waals surface area contributed by atoms with Crippen LogP contribution in [0.2, 0.25) is 0 Å². The average Bonchev–Trinajstić information content (AvgIpc) is 3.21. The fourth-order valence-electron chi connectivity index (χ4n) is 4.75. The largest absolute Gasteiger partial charge is 0.489 e. The zero-order valence-corrected chi connectivity index (χ0v) is 20.4. The summed E-state index contributed by atoms with van der Waals surface area (Å²) in [5.41, 5.74) is 6.69. The van der Waals surface area contributed by atoms with Crippen molar-refractivity contribution in [2.24, 2.45) is 0 Å². The Labute approximate surface area is 206 Å².